The van der Waals surface area contributed by atoms with Crippen molar-refractivity contribution in [3.05, 3.63) is 47.9 Å². The highest BCUT2D eigenvalue weighted by Gasteiger charge is 2.14. The highest BCUT2D eigenvalue weighted by atomic mass is 16.5. The maximum atomic E-state index is 12.3. The third-order valence-corrected chi connectivity index (χ3v) is 2.90. The lowest BCUT2D eigenvalue weighted by Gasteiger charge is -2.17. The van der Waals surface area contributed by atoms with Gasteiger partial charge in [-0.15, -0.1) is 0 Å². The van der Waals surface area contributed by atoms with Crippen LogP contribution in [0.4, 0.5) is 5.69 Å². The van der Waals surface area contributed by atoms with Crippen LogP contribution in [0, 0.1) is 0 Å². The summed E-state index contributed by atoms with van der Waals surface area (Å²) in [7, 11) is 1.74. The van der Waals surface area contributed by atoms with Crippen molar-refractivity contribution >= 4 is 11.6 Å². The van der Waals surface area contributed by atoms with Crippen LogP contribution in [0.2, 0.25) is 0 Å². The molecule has 2 rings (SSSR count). The number of nitrogens with two attached hydrogens (primary N) is 1. The van der Waals surface area contributed by atoms with E-state index in [1.807, 2.05) is 13.0 Å². The van der Waals surface area contributed by atoms with Gasteiger partial charge in [-0.2, -0.15) is 0 Å². The van der Waals surface area contributed by atoms with Gasteiger partial charge in [-0.1, -0.05) is 0 Å². The van der Waals surface area contributed by atoms with E-state index in [2.05, 4.69) is 0 Å². The van der Waals surface area contributed by atoms with Crippen LogP contribution in [0.15, 0.2) is 41.2 Å². The van der Waals surface area contributed by atoms with Crippen LogP contribution >= 0.6 is 0 Å². The Hall–Kier alpha value is -2.43. The van der Waals surface area contributed by atoms with E-state index in [4.69, 9.17) is 14.9 Å². The number of hydrogen-bond acceptors (Lipinski definition) is 4. The topological polar surface area (TPSA) is 68.7 Å². The van der Waals surface area contributed by atoms with Gasteiger partial charge in [0.05, 0.1) is 24.8 Å². The number of rotatable bonds is 5. The van der Waals surface area contributed by atoms with Gasteiger partial charge in [0, 0.05) is 24.7 Å². The lowest BCUT2D eigenvalue weighted by Crippen LogP contribution is -2.26. The minimum Gasteiger partial charge on any atom is -0.492 e. The molecule has 0 saturated carbocycles. The summed E-state index contributed by atoms with van der Waals surface area (Å²) in [6.45, 7) is 2.91. The van der Waals surface area contributed by atoms with E-state index in [9.17, 15) is 4.79 Å². The maximum absolute atomic E-state index is 12.3. The van der Waals surface area contributed by atoms with Crippen LogP contribution in [0.25, 0.3) is 0 Å². The summed E-state index contributed by atoms with van der Waals surface area (Å²) in [5, 5.41) is 0. The van der Waals surface area contributed by atoms with Gasteiger partial charge in [-0.25, -0.2) is 0 Å². The van der Waals surface area contributed by atoms with Crippen molar-refractivity contribution in [1.29, 1.82) is 0 Å². The number of hydrogen-bond donors (Lipinski definition) is 1. The summed E-state index contributed by atoms with van der Waals surface area (Å²) in [5.41, 5.74) is 7.82. The lowest BCUT2D eigenvalue weighted by atomic mass is 10.1. The fourth-order valence-electron chi connectivity index (χ4n) is 1.92. The highest BCUT2D eigenvalue weighted by Crippen LogP contribution is 2.23. The van der Waals surface area contributed by atoms with Crippen LogP contribution in [0.1, 0.15) is 22.8 Å². The normalized spacial score (nSPS) is 10.3. The van der Waals surface area contributed by atoms with Crippen molar-refractivity contribution < 1.29 is 13.9 Å². The largest absolute Gasteiger partial charge is 0.492 e. The molecule has 1 amide bonds. The molecule has 20 heavy (non-hydrogen) atoms. The van der Waals surface area contributed by atoms with E-state index in [1.54, 1.807) is 42.7 Å². The number of carbonyl (C=O) groups is 1. The van der Waals surface area contributed by atoms with Gasteiger partial charge in [0.25, 0.3) is 5.91 Å². The first-order valence-corrected chi connectivity index (χ1v) is 6.40. The molecule has 0 aliphatic carbocycles. The Morgan fingerprint density at radius 1 is 1.40 bits per heavy atom. The first kappa shape index (κ1) is 14.0. The predicted octanol–water partition coefficient (Wildman–Crippen LogP) is 2.53. The van der Waals surface area contributed by atoms with E-state index in [0.29, 0.717) is 30.2 Å². The zero-order valence-corrected chi connectivity index (χ0v) is 11.6. The molecular weight excluding hydrogens is 256 g/mol. The number of nitrogen functional groups attached to an aromatic ring is 1. The Balaban J connectivity index is 2.10. The molecule has 2 aromatic rings. The van der Waals surface area contributed by atoms with Crippen molar-refractivity contribution in [1.82, 2.24) is 4.90 Å². The lowest BCUT2D eigenvalue weighted by molar-refractivity contribution is 0.0785. The van der Waals surface area contributed by atoms with Crippen molar-refractivity contribution in [2.24, 2.45) is 0 Å². The Morgan fingerprint density at radius 3 is 2.80 bits per heavy atom. The molecule has 0 spiro atoms. The summed E-state index contributed by atoms with van der Waals surface area (Å²) < 4.78 is 10.3. The molecule has 1 heterocycles. The van der Waals surface area contributed by atoms with E-state index in [0.717, 1.165) is 5.56 Å². The second-order valence-corrected chi connectivity index (χ2v) is 4.48. The number of carbonyl (C=O) groups excluding carboxylic acids is 1. The Kier molecular flexibility index (Phi) is 4.30. The highest BCUT2D eigenvalue weighted by molar-refractivity contribution is 5.95. The first-order chi connectivity index (χ1) is 9.61. The molecule has 5 nitrogen and oxygen atoms in total. The van der Waals surface area contributed by atoms with Gasteiger partial charge in [-0.3, -0.25) is 4.79 Å². The van der Waals surface area contributed by atoms with Crippen molar-refractivity contribution in [3.63, 3.8) is 0 Å². The van der Waals surface area contributed by atoms with Crippen LogP contribution in [-0.2, 0) is 6.54 Å². The molecule has 0 aliphatic heterocycles. The molecule has 0 fully saturated rings. The average molecular weight is 274 g/mol. The quantitative estimate of drug-likeness (QED) is 0.851. The molecule has 0 bridgehead atoms. The summed E-state index contributed by atoms with van der Waals surface area (Å²) in [4.78, 5) is 13.9. The second kappa shape index (κ2) is 6.14. The van der Waals surface area contributed by atoms with Gasteiger partial charge in [0.1, 0.15) is 5.75 Å². The monoisotopic (exact) mass is 274 g/mol. The first-order valence-electron chi connectivity index (χ1n) is 6.40. The molecule has 0 radical (unpaired) electrons. The smallest absolute Gasteiger partial charge is 0.253 e. The average Bonchev–Trinajstić information content (AvgIpc) is 2.93. The number of benzene rings is 1. The van der Waals surface area contributed by atoms with Gasteiger partial charge >= 0.3 is 0 Å². The number of furan rings is 1. The molecule has 1 aromatic heterocycles. The van der Waals surface area contributed by atoms with Crippen molar-refractivity contribution in [2.45, 2.75) is 13.5 Å². The Labute approximate surface area is 117 Å². The SMILES string of the molecule is CCOc1ccc(C(=O)N(C)Cc2ccoc2)cc1N. The molecule has 0 aliphatic rings. The number of nitrogens with zero attached hydrogens (tertiary/aromatic N) is 1. The number of ether oxygens (including phenoxy) is 1. The molecule has 0 atom stereocenters. The molecule has 0 unspecified atom stereocenters. The van der Waals surface area contributed by atoms with E-state index < -0.39 is 0 Å². The van der Waals surface area contributed by atoms with Crippen LogP contribution < -0.4 is 10.5 Å². The summed E-state index contributed by atoms with van der Waals surface area (Å²) in [6, 6.07) is 6.91. The Morgan fingerprint density at radius 2 is 2.20 bits per heavy atom. The third kappa shape index (κ3) is 3.12. The van der Waals surface area contributed by atoms with Gasteiger partial charge in [-0.05, 0) is 31.2 Å². The predicted molar refractivity (Wildman–Crippen MR) is 76.5 cm³/mol. The number of amides is 1. The van der Waals surface area contributed by atoms with E-state index >= 15 is 0 Å². The summed E-state index contributed by atoms with van der Waals surface area (Å²) in [6.07, 6.45) is 3.21. The third-order valence-electron chi connectivity index (χ3n) is 2.90. The molecule has 5 heteroatoms. The van der Waals surface area contributed by atoms with Crippen molar-refractivity contribution in [3.8, 4) is 5.75 Å². The minimum atomic E-state index is -0.0963. The second-order valence-electron chi connectivity index (χ2n) is 4.48. The molecular formula is C15H18N2O3. The summed E-state index contributed by atoms with van der Waals surface area (Å²) in [5.74, 6) is 0.502. The van der Waals surface area contributed by atoms with Crippen LogP contribution in [0.5, 0.6) is 5.75 Å². The standard InChI is InChI=1S/C15H18N2O3/c1-3-20-14-5-4-12(8-13(14)16)15(18)17(2)9-11-6-7-19-10-11/h4-8,10H,3,9,16H2,1-2H3. The van der Waals surface area contributed by atoms with E-state index in [-0.39, 0.29) is 5.91 Å². The fourth-order valence-corrected chi connectivity index (χ4v) is 1.92. The summed E-state index contributed by atoms with van der Waals surface area (Å²) >= 11 is 0. The molecule has 1 aromatic carbocycles. The zero-order chi connectivity index (χ0) is 14.5. The fraction of sp³-hybridized carbons (Fsp3) is 0.267. The van der Waals surface area contributed by atoms with E-state index in [1.165, 1.54) is 0 Å². The van der Waals surface area contributed by atoms with Crippen molar-refractivity contribution in [2.75, 3.05) is 19.4 Å². The van der Waals surface area contributed by atoms with Gasteiger partial charge in [0.2, 0.25) is 0 Å². The minimum absolute atomic E-state index is 0.0963. The zero-order valence-electron chi connectivity index (χ0n) is 11.6. The van der Waals surface area contributed by atoms with Gasteiger partial charge < -0.3 is 19.8 Å². The maximum Gasteiger partial charge on any atom is 0.253 e. The molecule has 2 N–H and O–H groups in total. The van der Waals surface area contributed by atoms with Crippen LogP contribution in [0.3, 0.4) is 0 Å². The molecule has 106 valence electrons. The number of anilines is 1. The van der Waals surface area contributed by atoms with Crippen LogP contribution in [-0.4, -0.2) is 24.5 Å². The Bertz CT molecular complexity index is 579. The van der Waals surface area contributed by atoms with Gasteiger partial charge in [0.15, 0.2) is 0 Å². The molecule has 0 saturated heterocycles.